The molecule has 157 valence electrons. The molecule has 3 unspecified atom stereocenters. The fraction of sp³-hybridized carbons (Fsp3) is 0.545. The monoisotopic (exact) mass is 400 g/mol. The molecule has 2 saturated heterocycles. The van der Waals surface area contributed by atoms with E-state index in [1.54, 1.807) is 6.92 Å². The highest BCUT2D eigenvalue weighted by Gasteiger charge is 2.39. The number of likely N-dealkylation sites (tertiary alicyclic amines) is 1. The second-order valence-corrected chi connectivity index (χ2v) is 8.31. The number of hydrogen-bond acceptors (Lipinski definition) is 5. The van der Waals surface area contributed by atoms with Gasteiger partial charge in [-0.3, -0.25) is 14.4 Å². The van der Waals surface area contributed by atoms with Crippen LogP contribution in [0.5, 0.6) is 0 Å². The number of carbonyl (C=O) groups excluding carboxylic acids is 3. The number of nitrogens with zero attached hydrogens (tertiary/aromatic N) is 1. The minimum absolute atomic E-state index is 0.0243. The van der Waals surface area contributed by atoms with Gasteiger partial charge in [0.2, 0.25) is 11.8 Å². The topological polar surface area (TPSA) is 102 Å². The predicted molar refractivity (Wildman–Crippen MR) is 109 cm³/mol. The third kappa shape index (κ3) is 5.64. The van der Waals surface area contributed by atoms with E-state index in [1.807, 2.05) is 30.3 Å². The molecule has 0 saturated carbocycles. The lowest BCUT2D eigenvalue weighted by Gasteiger charge is -2.27. The maximum atomic E-state index is 12.5. The molecule has 3 atom stereocenters. The van der Waals surface area contributed by atoms with Gasteiger partial charge in [-0.25, -0.2) is 0 Å². The largest absolute Gasteiger partial charge is 0.369 e. The molecule has 0 spiro atoms. The molecule has 1 aromatic rings. The van der Waals surface area contributed by atoms with Crippen LogP contribution in [0.3, 0.4) is 0 Å². The summed E-state index contributed by atoms with van der Waals surface area (Å²) in [6.45, 7) is 4.42. The van der Waals surface area contributed by atoms with E-state index in [2.05, 4.69) is 10.2 Å². The Morgan fingerprint density at radius 3 is 2.62 bits per heavy atom. The zero-order valence-corrected chi connectivity index (χ0v) is 16.9. The Balaban J connectivity index is 1.55. The molecule has 1 radical (unpaired) electrons. The molecular formula is C22H30N3O4. The highest BCUT2D eigenvalue weighted by Crippen LogP contribution is 2.28. The fourth-order valence-electron chi connectivity index (χ4n) is 3.97. The van der Waals surface area contributed by atoms with Gasteiger partial charge in [0, 0.05) is 6.54 Å². The van der Waals surface area contributed by atoms with E-state index in [9.17, 15) is 14.4 Å². The number of ketones is 1. The maximum absolute atomic E-state index is 12.5. The normalized spacial score (nSPS) is 24.4. The molecule has 3 N–H and O–H groups in total. The zero-order chi connectivity index (χ0) is 20.9. The van der Waals surface area contributed by atoms with Gasteiger partial charge >= 0.3 is 0 Å². The van der Waals surface area contributed by atoms with Gasteiger partial charge in [-0.2, -0.15) is 0 Å². The molecule has 7 nitrogen and oxygen atoms in total. The van der Waals surface area contributed by atoms with Crippen molar-refractivity contribution in [1.82, 2.24) is 10.2 Å². The summed E-state index contributed by atoms with van der Waals surface area (Å²) >= 11 is 0. The quantitative estimate of drug-likeness (QED) is 0.640. The third-order valence-corrected chi connectivity index (χ3v) is 5.86. The molecule has 29 heavy (non-hydrogen) atoms. The van der Waals surface area contributed by atoms with Crippen molar-refractivity contribution in [2.24, 2.45) is 11.1 Å². The second-order valence-electron chi connectivity index (χ2n) is 8.31. The Morgan fingerprint density at radius 2 is 1.97 bits per heavy atom. The summed E-state index contributed by atoms with van der Waals surface area (Å²) in [6.07, 6.45) is 4.03. The van der Waals surface area contributed by atoms with Gasteiger partial charge in [0.15, 0.2) is 5.78 Å². The number of rotatable bonds is 9. The first-order valence-electron chi connectivity index (χ1n) is 10.2. The van der Waals surface area contributed by atoms with Crippen molar-refractivity contribution in [1.29, 1.82) is 0 Å². The minimum atomic E-state index is -0.885. The van der Waals surface area contributed by atoms with Crippen molar-refractivity contribution < 1.29 is 19.1 Å². The highest BCUT2D eigenvalue weighted by molar-refractivity contribution is 5.94. The average molecular weight is 400 g/mol. The lowest BCUT2D eigenvalue weighted by molar-refractivity contribution is -0.128. The number of carbonyl (C=O) groups is 3. The highest BCUT2D eigenvalue weighted by atomic mass is 16.5. The Bertz CT molecular complexity index is 733. The summed E-state index contributed by atoms with van der Waals surface area (Å²) in [4.78, 5) is 39.0. The van der Waals surface area contributed by atoms with Crippen molar-refractivity contribution >= 4 is 17.6 Å². The van der Waals surface area contributed by atoms with Gasteiger partial charge in [-0.05, 0) is 44.3 Å². The number of hydrogen-bond donors (Lipinski definition) is 2. The molecule has 0 aliphatic carbocycles. The van der Waals surface area contributed by atoms with E-state index in [4.69, 9.17) is 10.5 Å². The van der Waals surface area contributed by atoms with Crippen LogP contribution < -0.4 is 11.1 Å². The summed E-state index contributed by atoms with van der Waals surface area (Å²) in [6, 6.07) is 8.92. The summed E-state index contributed by atoms with van der Waals surface area (Å²) < 4.78 is 5.61. The van der Waals surface area contributed by atoms with E-state index in [0.717, 1.165) is 31.5 Å². The zero-order valence-electron chi connectivity index (χ0n) is 16.9. The molecule has 2 heterocycles. The van der Waals surface area contributed by atoms with Crippen LogP contribution in [-0.2, 0) is 25.5 Å². The summed E-state index contributed by atoms with van der Waals surface area (Å²) in [7, 11) is 0. The predicted octanol–water partition coefficient (Wildman–Crippen LogP) is 0.864. The Morgan fingerprint density at radius 1 is 1.28 bits per heavy atom. The number of nitrogens with two attached hydrogens (primary N) is 1. The van der Waals surface area contributed by atoms with Gasteiger partial charge in [-0.15, -0.1) is 0 Å². The molecule has 3 rings (SSSR count). The van der Waals surface area contributed by atoms with E-state index < -0.39 is 17.4 Å². The van der Waals surface area contributed by atoms with Crippen molar-refractivity contribution in [2.45, 2.75) is 44.8 Å². The van der Waals surface area contributed by atoms with Crippen LogP contribution in [-0.4, -0.2) is 60.9 Å². The van der Waals surface area contributed by atoms with E-state index in [-0.39, 0.29) is 30.8 Å². The third-order valence-electron chi connectivity index (χ3n) is 5.86. The Kier molecular flexibility index (Phi) is 7.03. The van der Waals surface area contributed by atoms with Gasteiger partial charge in [0.05, 0.1) is 17.9 Å². The van der Waals surface area contributed by atoms with Crippen molar-refractivity contribution in [3.05, 3.63) is 42.3 Å². The molecule has 2 fully saturated rings. The summed E-state index contributed by atoms with van der Waals surface area (Å²) in [5, 5.41) is 2.78. The summed E-state index contributed by atoms with van der Waals surface area (Å²) in [5.41, 5.74) is 5.73. The van der Waals surface area contributed by atoms with Gasteiger partial charge < -0.3 is 20.7 Å². The first kappa shape index (κ1) is 21.5. The molecule has 7 heteroatoms. The van der Waals surface area contributed by atoms with Crippen LogP contribution in [0.1, 0.15) is 31.7 Å². The molecular weight excluding hydrogens is 370 g/mol. The van der Waals surface area contributed by atoms with Gasteiger partial charge in [-0.1, -0.05) is 37.3 Å². The lowest BCUT2D eigenvalue weighted by atomic mass is 9.79. The maximum Gasteiger partial charge on any atom is 0.224 e. The number of amides is 2. The number of nitrogens with one attached hydrogen (secondary N) is 1. The number of benzene rings is 1. The molecule has 2 aliphatic heterocycles. The first-order chi connectivity index (χ1) is 13.9. The molecule has 2 amide bonds. The average Bonchev–Trinajstić information content (AvgIpc) is 3.33. The molecule has 0 aromatic heterocycles. The van der Waals surface area contributed by atoms with Crippen molar-refractivity contribution in [2.75, 3.05) is 26.2 Å². The molecule has 1 aromatic carbocycles. The van der Waals surface area contributed by atoms with E-state index >= 15 is 0 Å². The smallest absolute Gasteiger partial charge is 0.224 e. The number of Topliss-reactive ketones (excluding diaryl/α,β-unsaturated/α-hetero) is 1. The van der Waals surface area contributed by atoms with Crippen LogP contribution in [0.2, 0.25) is 0 Å². The molecule has 2 aliphatic rings. The van der Waals surface area contributed by atoms with E-state index in [1.165, 1.54) is 6.42 Å². The summed E-state index contributed by atoms with van der Waals surface area (Å²) in [5.74, 6) is -0.948. The van der Waals surface area contributed by atoms with Crippen LogP contribution >= 0.6 is 0 Å². The van der Waals surface area contributed by atoms with Crippen molar-refractivity contribution in [3.63, 3.8) is 0 Å². The van der Waals surface area contributed by atoms with Gasteiger partial charge in [0.1, 0.15) is 12.6 Å². The second kappa shape index (κ2) is 9.50. The Labute approximate surface area is 172 Å². The first-order valence-corrected chi connectivity index (χ1v) is 10.2. The SMILES string of the molecule is CC(C[CH]C(=O)NC1C(=O)COC1CN1CCCC1)(Cc1ccccc1)C(N)=O. The van der Waals surface area contributed by atoms with Crippen LogP contribution in [0.25, 0.3) is 0 Å². The van der Waals surface area contributed by atoms with Crippen LogP contribution in [0.4, 0.5) is 0 Å². The van der Waals surface area contributed by atoms with E-state index in [0.29, 0.717) is 13.0 Å². The Hall–Kier alpha value is -2.25. The molecule has 0 bridgehead atoms. The van der Waals surface area contributed by atoms with Gasteiger partial charge in [0.25, 0.3) is 0 Å². The van der Waals surface area contributed by atoms with Crippen LogP contribution in [0.15, 0.2) is 30.3 Å². The van der Waals surface area contributed by atoms with Crippen molar-refractivity contribution in [3.8, 4) is 0 Å². The van der Waals surface area contributed by atoms with Crippen LogP contribution in [0, 0.1) is 11.8 Å². The number of primary amides is 1. The minimum Gasteiger partial charge on any atom is -0.369 e. The fourth-order valence-corrected chi connectivity index (χ4v) is 3.97. The standard InChI is InChI=1S/C22H30N3O4/c1-22(21(23)28,13-16-7-3-2-4-8-16)10-9-19(27)24-20-17(26)15-29-18(20)14-25-11-5-6-12-25/h2-4,7-9,18,20H,5-6,10-15H2,1H3,(H2,23,28)(H,24,27). The lowest BCUT2D eigenvalue weighted by Crippen LogP contribution is -2.49. The number of ether oxygens (including phenoxy) is 1.